The van der Waals surface area contributed by atoms with Crippen molar-refractivity contribution in [1.29, 1.82) is 0 Å². The number of benzene rings is 2. The Labute approximate surface area is 151 Å². The zero-order valence-corrected chi connectivity index (χ0v) is 14.5. The van der Waals surface area contributed by atoms with Gasteiger partial charge in [0.25, 0.3) is 0 Å². The largest absolute Gasteiger partial charge is 0.493 e. The van der Waals surface area contributed by atoms with Crippen LogP contribution < -0.4 is 20.9 Å². The molecule has 0 aliphatic rings. The highest BCUT2D eigenvalue weighted by atomic mass is 19.1. The normalized spacial score (nSPS) is 10.1. The summed E-state index contributed by atoms with van der Waals surface area (Å²) in [6.45, 7) is 2.85. The van der Waals surface area contributed by atoms with Gasteiger partial charge in [-0.3, -0.25) is 10.2 Å². The molecule has 0 unspecified atom stereocenters. The number of hydrogen-bond acceptors (Lipinski definition) is 3. The first kappa shape index (κ1) is 19.2. The highest BCUT2D eigenvalue weighted by Crippen LogP contribution is 2.15. The topological polar surface area (TPSA) is 79.5 Å². The lowest BCUT2D eigenvalue weighted by Gasteiger charge is -2.10. The molecule has 0 saturated carbocycles. The fourth-order valence-corrected chi connectivity index (χ4v) is 2.18. The molecule has 2 aromatic carbocycles. The molecule has 0 aromatic heterocycles. The van der Waals surface area contributed by atoms with Crippen molar-refractivity contribution < 1.29 is 18.7 Å². The second-order valence-electron chi connectivity index (χ2n) is 5.70. The van der Waals surface area contributed by atoms with Crippen molar-refractivity contribution in [2.24, 2.45) is 0 Å². The summed E-state index contributed by atoms with van der Waals surface area (Å²) in [5.41, 5.74) is 6.27. The van der Waals surface area contributed by atoms with Crippen LogP contribution in [-0.2, 0) is 11.2 Å². The summed E-state index contributed by atoms with van der Waals surface area (Å²) in [6.07, 6.45) is 0.677. The monoisotopic (exact) mass is 359 g/mol. The van der Waals surface area contributed by atoms with Gasteiger partial charge in [0.2, 0.25) is 5.91 Å². The van der Waals surface area contributed by atoms with Crippen LogP contribution in [0.5, 0.6) is 5.75 Å². The molecule has 2 aromatic rings. The van der Waals surface area contributed by atoms with E-state index >= 15 is 0 Å². The molecule has 0 aliphatic heterocycles. The first-order valence-corrected chi connectivity index (χ1v) is 8.30. The number of urea groups is 1. The van der Waals surface area contributed by atoms with Gasteiger partial charge in [0, 0.05) is 6.54 Å². The Kier molecular flexibility index (Phi) is 7.42. The summed E-state index contributed by atoms with van der Waals surface area (Å²) in [4.78, 5) is 23.3. The third-order valence-electron chi connectivity index (χ3n) is 3.55. The second kappa shape index (κ2) is 10.0. The van der Waals surface area contributed by atoms with E-state index < -0.39 is 11.9 Å². The minimum absolute atomic E-state index is 0.0465. The smallest absolute Gasteiger partial charge is 0.333 e. The van der Waals surface area contributed by atoms with E-state index in [1.54, 1.807) is 0 Å². The number of hydrogen-bond donors (Lipinski definition) is 3. The van der Waals surface area contributed by atoms with Crippen molar-refractivity contribution in [1.82, 2.24) is 16.2 Å². The molecule has 0 bridgehead atoms. The van der Waals surface area contributed by atoms with E-state index in [9.17, 15) is 14.0 Å². The Bertz CT molecular complexity index is 735. The number of para-hydroxylation sites is 1. The van der Waals surface area contributed by atoms with Gasteiger partial charge >= 0.3 is 6.03 Å². The SMILES string of the molecule is Cc1ccccc1OCCCNC(=O)NNC(=O)Cc1ccc(F)cc1. The third kappa shape index (κ3) is 6.80. The van der Waals surface area contributed by atoms with E-state index in [2.05, 4.69) is 16.2 Å². The number of aryl methyl sites for hydroxylation is 1. The number of nitrogens with one attached hydrogen (secondary N) is 3. The Morgan fingerprint density at radius 1 is 1.04 bits per heavy atom. The van der Waals surface area contributed by atoms with Crippen molar-refractivity contribution in [2.45, 2.75) is 19.8 Å². The Morgan fingerprint density at radius 2 is 1.77 bits per heavy atom. The quantitative estimate of drug-likeness (QED) is 0.525. The van der Waals surface area contributed by atoms with Crippen LogP contribution in [0.15, 0.2) is 48.5 Å². The van der Waals surface area contributed by atoms with Crippen molar-refractivity contribution >= 4 is 11.9 Å². The van der Waals surface area contributed by atoms with Gasteiger partial charge in [-0.15, -0.1) is 0 Å². The van der Waals surface area contributed by atoms with Gasteiger partial charge in [0.15, 0.2) is 0 Å². The highest BCUT2D eigenvalue weighted by molar-refractivity contribution is 5.82. The number of rotatable bonds is 7. The Morgan fingerprint density at radius 3 is 2.50 bits per heavy atom. The predicted molar refractivity (Wildman–Crippen MR) is 96.1 cm³/mol. The van der Waals surface area contributed by atoms with Gasteiger partial charge in [0.05, 0.1) is 13.0 Å². The third-order valence-corrected chi connectivity index (χ3v) is 3.55. The number of ether oxygens (including phenoxy) is 1. The van der Waals surface area contributed by atoms with Crippen molar-refractivity contribution in [2.75, 3.05) is 13.2 Å². The van der Waals surface area contributed by atoms with Crippen LogP contribution in [0.25, 0.3) is 0 Å². The summed E-state index contributed by atoms with van der Waals surface area (Å²) >= 11 is 0. The van der Waals surface area contributed by atoms with Crippen LogP contribution in [0.1, 0.15) is 17.5 Å². The lowest BCUT2D eigenvalue weighted by atomic mass is 10.1. The maximum absolute atomic E-state index is 12.8. The van der Waals surface area contributed by atoms with E-state index in [-0.39, 0.29) is 12.2 Å². The van der Waals surface area contributed by atoms with Crippen molar-refractivity contribution in [3.05, 3.63) is 65.5 Å². The van der Waals surface area contributed by atoms with Crippen LogP contribution >= 0.6 is 0 Å². The molecule has 7 heteroatoms. The summed E-state index contributed by atoms with van der Waals surface area (Å²) < 4.78 is 18.4. The van der Waals surface area contributed by atoms with Crippen LogP contribution in [0, 0.1) is 12.7 Å². The summed E-state index contributed by atoms with van der Waals surface area (Å²) in [6, 6.07) is 12.8. The fourth-order valence-electron chi connectivity index (χ4n) is 2.18. The minimum atomic E-state index is -0.506. The molecule has 26 heavy (non-hydrogen) atoms. The fraction of sp³-hybridized carbons (Fsp3) is 0.263. The maximum atomic E-state index is 12.8. The molecule has 0 heterocycles. The van der Waals surface area contributed by atoms with Gasteiger partial charge in [-0.05, 0) is 42.7 Å². The standard InChI is InChI=1S/C19H22FN3O3/c1-14-5-2-3-6-17(14)26-12-4-11-21-19(25)23-22-18(24)13-15-7-9-16(20)10-8-15/h2-3,5-10H,4,11-13H2,1H3,(H,22,24)(H2,21,23,25). The zero-order valence-electron chi connectivity index (χ0n) is 14.5. The van der Waals surface area contributed by atoms with Gasteiger partial charge in [-0.1, -0.05) is 30.3 Å². The Balaban J connectivity index is 1.56. The van der Waals surface area contributed by atoms with E-state index in [0.717, 1.165) is 11.3 Å². The zero-order chi connectivity index (χ0) is 18.8. The molecular formula is C19H22FN3O3. The number of hydrazine groups is 1. The molecule has 0 fully saturated rings. The summed E-state index contributed by atoms with van der Waals surface area (Å²) in [5.74, 6) is 0.0673. The molecule has 0 saturated heterocycles. The van der Waals surface area contributed by atoms with Gasteiger partial charge in [0.1, 0.15) is 11.6 Å². The molecule has 0 spiro atoms. The van der Waals surface area contributed by atoms with Gasteiger partial charge in [-0.25, -0.2) is 14.6 Å². The average molecular weight is 359 g/mol. The number of amides is 3. The average Bonchev–Trinajstić information content (AvgIpc) is 2.63. The number of carbonyl (C=O) groups is 2. The summed E-state index contributed by atoms with van der Waals surface area (Å²) in [7, 11) is 0. The summed E-state index contributed by atoms with van der Waals surface area (Å²) in [5, 5.41) is 2.62. The first-order chi connectivity index (χ1) is 12.5. The van der Waals surface area contributed by atoms with Gasteiger partial charge in [-0.2, -0.15) is 0 Å². The van der Waals surface area contributed by atoms with E-state index in [1.165, 1.54) is 24.3 Å². The molecule has 3 N–H and O–H groups in total. The van der Waals surface area contributed by atoms with E-state index in [4.69, 9.17) is 4.74 Å². The molecule has 0 radical (unpaired) electrons. The lowest BCUT2D eigenvalue weighted by Crippen LogP contribution is -2.47. The molecule has 0 aliphatic carbocycles. The predicted octanol–water partition coefficient (Wildman–Crippen LogP) is 2.48. The van der Waals surface area contributed by atoms with Crippen LogP contribution in [0.4, 0.5) is 9.18 Å². The van der Waals surface area contributed by atoms with Crippen molar-refractivity contribution in [3.8, 4) is 5.75 Å². The molecule has 138 valence electrons. The van der Waals surface area contributed by atoms with E-state index in [1.807, 2.05) is 31.2 Å². The molecular weight excluding hydrogens is 337 g/mol. The van der Waals surface area contributed by atoms with Crippen molar-refractivity contribution in [3.63, 3.8) is 0 Å². The van der Waals surface area contributed by atoms with Crippen LogP contribution in [0.3, 0.4) is 0 Å². The van der Waals surface area contributed by atoms with Crippen LogP contribution in [-0.4, -0.2) is 25.1 Å². The maximum Gasteiger partial charge on any atom is 0.333 e. The van der Waals surface area contributed by atoms with Crippen LogP contribution in [0.2, 0.25) is 0 Å². The Hall–Kier alpha value is -3.09. The number of carbonyl (C=O) groups excluding carboxylic acids is 2. The second-order valence-corrected chi connectivity index (χ2v) is 5.70. The molecule has 3 amide bonds. The van der Waals surface area contributed by atoms with E-state index in [0.29, 0.717) is 25.1 Å². The minimum Gasteiger partial charge on any atom is -0.493 e. The number of halogens is 1. The lowest BCUT2D eigenvalue weighted by molar-refractivity contribution is -0.121. The molecule has 2 rings (SSSR count). The highest BCUT2D eigenvalue weighted by Gasteiger charge is 2.05. The molecule has 6 nitrogen and oxygen atoms in total. The molecule has 0 atom stereocenters. The van der Waals surface area contributed by atoms with Gasteiger partial charge < -0.3 is 10.1 Å². The first-order valence-electron chi connectivity index (χ1n) is 8.30.